The molecule has 182 valence electrons. The van der Waals surface area contributed by atoms with Crippen LogP contribution in [0.15, 0.2) is 28.0 Å². The van der Waals surface area contributed by atoms with Gasteiger partial charge in [0.1, 0.15) is 0 Å². The van der Waals surface area contributed by atoms with E-state index in [-0.39, 0.29) is 29.3 Å². The van der Waals surface area contributed by atoms with Crippen molar-refractivity contribution in [2.24, 2.45) is 0 Å². The summed E-state index contributed by atoms with van der Waals surface area (Å²) in [5.41, 5.74) is 17.9. The van der Waals surface area contributed by atoms with Crippen LogP contribution < -0.4 is 11.5 Å². The molecule has 4 saturated heterocycles. The second kappa shape index (κ2) is 8.20. The largest absolute Gasteiger partial charge is 0.399 e. The highest BCUT2D eigenvalue weighted by atomic mass is 32.2. The number of nitrogen functional groups attached to an aromatic ring is 2. The topological polar surface area (TPSA) is 136 Å². The molecule has 2 aromatic rings. The summed E-state index contributed by atoms with van der Waals surface area (Å²) in [6, 6.07) is 5.01. The summed E-state index contributed by atoms with van der Waals surface area (Å²) in [6.45, 7) is 4.56. The lowest BCUT2D eigenvalue weighted by molar-refractivity contribution is 0.402. The quantitative estimate of drug-likeness (QED) is 0.383. The van der Waals surface area contributed by atoms with E-state index in [1.54, 1.807) is 18.2 Å². The maximum absolute atomic E-state index is 14.4. The summed E-state index contributed by atoms with van der Waals surface area (Å²) in [6.07, 6.45) is 2.37. The number of nitrogens with two attached hydrogens (primary N) is 2. The number of anilines is 2. The van der Waals surface area contributed by atoms with Crippen molar-refractivity contribution in [3.05, 3.63) is 46.0 Å². The highest BCUT2D eigenvalue weighted by Crippen LogP contribution is 2.42. The van der Waals surface area contributed by atoms with Crippen molar-refractivity contribution in [2.75, 3.05) is 37.9 Å². The molecule has 4 fully saturated rings. The first kappa shape index (κ1) is 22.3. The number of sulfone groups is 1. The van der Waals surface area contributed by atoms with Crippen molar-refractivity contribution in [2.45, 2.75) is 66.8 Å². The van der Waals surface area contributed by atoms with Crippen molar-refractivity contribution in [3.63, 3.8) is 0 Å². The predicted molar refractivity (Wildman–Crippen MR) is 126 cm³/mol. The first-order valence-corrected chi connectivity index (χ1v) is 13.3. The molecule has 8 nitrogen and oxygen atoms in total. The van der Waals surface area contributed by atoms with E-state index in [1.807, 2.05) is 6.92 Å². The van der Waals surface area contributed by atoms with Gasteiger partial charge in [0.2, 0.25) is 9.84 Å². The van der Waals surface area contributed by atoms with Crippen molar-refractivity contribution >= 4 is 21.2 Å². The third-order valence-electron chi connectivity index (χ3n) is 7.10. The van der Waals surface area contributed by atoms with Gasteiger partial charge in [-0.3, -0.25) is 0 Å². The van der Waals surface area contributed by atoms with Gasteiger partial charge >= 0.3 is 0 Å². The molecule has 34 heavy (non-hydrogen) atoms. The van der Waals surface area contributed by atoms with Gasteiger partial charge in [-0.2, -0.15) is 0 Å². The Kier molecular flexibility index (Phi) is 5.38. The van der Waals surface area contributed by atoms with Crippen molar-refractivity contribution in [1.29, 1.82) is 0 Å². The Labute approximate surface area is 199 Å². The molecule has 0 aliphatic carbocycles. The lowest BCUT2D eigenvalue weighted by atomic mass is 9.89. The molecule has 0 spiro atoms. The van der Waals surface area contributed by atoms with Gasteiger partial charge in [0.25, 0.3) is 0 Å². The standard InChI is InChI=1S/C25H30N2O6S/c1-13-20(6-17-10-31-17)24(27)22(8-19-12-33-19)25(21(13)7-18-11-32-18)34(28,29)23-3-2-15(26)4-14(23)5-16-9-30-16/h2-4,16-19H,5-12,26-27H2,1H3. The fourth-order valence-corrected chi connectivity index (χ4v) is 6.91. The Morgan fingerprint density at radius 2 is 1.29 bits per heavy atom. The molecule has 0 amide bonds. The molecule has 2 aromatic carbocycles. The number of benzene rings is 2. The maximum Gasteiger partial charge on any atom is 0.207 e. The number of epoxide rings is 4. The summed E-state index contributed by atoms with van der Waals surface area (Å²) in [4.78, 5) is 0.585. The highest BCUT2D eigenvalue weighted by molar-refractivity contribution is 7.91. The smallest absolute Gasteiger partial charge is 0.207 e. The zero-order chi connectivity index (χ0) is 23.6. The molecule has 0 radical (unpaired) electrons. The zero-order valence-corrected chi connectivity index (χ0v) is 20.0. The Balaban J connectivity index is 1.55. The molecule has 0 aromatic heterocycles. The Morgan fingerprint density at radius 3 is 1.85 bits per heavy atom. The third-order valence-corrected chi connectivity index (χ3v) is 9.11. The summed E-state index contributed by atoms with van der Waals surface area (Å²) in [7, 11) is -3.91. The normalized spacial score (nSPS) is 27.0. The lowest BCUT2D eigenvalue weighted by Gasteiger charge is -2.24. The second-order valence-electron chi connectivity index (χ2n) is 9.81. The van der Waals surface area contributed by atoms with E-state index in [1.165, 1.54) is 0 Å². The van der Waals surface area contributed by atoms with Crippen LogP contribution in [0.1, 0.15) is 27.8 Å². The number of hydrogen-bond donors (Lipinski definition) is 2. The van der Waals surface area contributed by atoms with E-state index in [0.29, 0.717) is 79.5 Å². The molecular weight excluding hydrogens is 456 g/mol. The van der Waals surface area contributed by atoms with Gasteiger partial charge in [-0.25, -0.2) is 8.42 Å². The van der Waals surface area contributed by atoms with E-state index in [0.717, 1.165) is 16.7 Å². The second-order valence-corrected chi connectivity index (χ2v) is 11.7. The van der Waals surface area contributed by atoms with Crippen LogP contribution in [0.5, 0.6) is 0 Å². The summed E-state index contributed by atoms with van der Waals surface area (Å²) in [5.74, 6) is 0. The SMILES string of the molecule is Cc1c(CC2CO2)c(N)c(CC2CO2)c(S(=O)(=O)c2ccc(N)cc2CC2CO2)c1CC1CO1. The Bertz CT molecular complexity index is 1200. The minimum absolute atomic E-state index is 0.0141. The lowest BCUT2D eigenvalue weighted by Crippen LogP contribution is -2.20. The molecular formula is C25H30N2O6S. The van der Waals surface area contributed by atoms with Gasteiger partial charge in [-0.1, -0.05) is 0 Å². The van der Waals surface area contributed by atoms with Gasteiger partial charge in [-0.05, 0) is 52.9 Å². The summed E-state index contributed by atoms with van der Waals surface area (Å²) >= 11 is 0. The summed E-state index contributed by atoms with van der Waals surface area (Å²) < 4.78 is 50.7. The van der Waals surface area contributed by atoms with Crippen LogP contribution in [-0.4, -0.2) is 59.3 Å². The molecule has 4 aliphatic rings. The van der Waals surface area contributed by atoms with Crippen LogP contribution in [0.25, 0.3) is 0 Å². The first-order valence-electron chi connectivity index (χ1n) is 11.8. The van der Waals surface area contributed by atoms with Crippen LogP contribution in [0.4, 0.5) is 11.4 Å². The van der Waals surface area contributed by atoms with Crippen molar-refractivity contribution in [1.82, 2.24) is 0 Å². The van der Waals surface area contributed by atoms with Gasteiger partial charge in [0, 0.05) is 37.1 Å². The van der Waals surface area contributed by atoms with Crippen molar-refractivity contribution < 1.29 is 27.4 Å². The first-order chi connectivity index (χ1) is 16.3. The van der Waals surface area contributed by atoms with Gasteiger partial charge in [-0.15, -0.1) is 0 Å². The van der Waals surface area contributed by atoms with E-state index in [9.17, 15) is 8.42 Å². The number of rotatable bonds is 10. The Hall–Kier alpha value is -2.17. The van der Waals surface area contributed by atoms with E-state index < -0.39 is 9.84 Å². The molecule has 4 N–H and O–H groups in total. The van der Waals surface area contributed by atoms with E-state index >= 15 is 0 Å². The van der Waals surface area contributed by atoms with Crippen LogP contribution in [-0.2, 0) is 54.5 Å². The molecule has 0 bridgehead atoms. The minimum Gasteiger partial charge on any atom is -0.399 e. The molecule has 6 rings (SSSR count). The monoisotopic (exact) mass is 486 g/mol. The number of ether oxygens (including phenoxy) is 4. The van der Waals surface area contributed by atoms with Gasteiger partial charge in [0.05, 0.1) is 60.6 Å². The molecule has 9 heteroatoms. The van der Waals surface area contributed by atoms with Gasteiger partial charge < -0.3 is 30.4 Å². The number of hydrogen-bond acceptors (Lipinski definition) is 8. The predicted octanol–water partition coefficient (Wildman–Crippen LogP) is 1.76. The molecule has 0 saturated carbocycles. The third kappa shape index (κ3) is 4.43. The zero-order valence-electron chi connectivity index (χ0n) is 19.2. The van der Waals surface area contributed by atoms with Crippen LogP contribution >= 0.6 is 0 Å². The van der Waals surface area contributed by atoms with Gasteiger partial charge in [0.15, 0.2) is 0 Å². The minimum atomic E-state index is -3.91. The van der Waals surface area contributed by atoms with E-state index in [2.05, 4.69) is 0 Å². The molecule has 4 unspecified atom stereocenters. The fourth-order valence-electron chi connectivity index (χ4n) is 4.88. The maximum atomic E-state index is 14.4. The highest BCUT2D eigenvalue weighted by Gasteiger charge is 2.38. The molecule has 4 atom stereocenters. The Morgan fingerprint density at radius 1 is 0.794 bits per heavy atom. The van der Waals surface area contributed by atoms with E-state index in [4.69, 9.17) is 30.4 Å². The van der Waals surface area contributed by atoms with Crippen LogP contribution in [0, 0.1) is 6.92 Å². The fraction of sp³-hybridized carbons (Fsp3) is 0.520. The van der Waals surface area contributed by atoms with Crippen LogP contribution in [0.3, 0.4) is 0 Å². The average Bonchev–Trinajstić information content (AvgIpc) is 3.58. The average molecular weight is 487 g/mol. The molecule has 4 heterocycles. The van der Waals surface area contributed by atoms with Crippen LogP contribution in [0.2, 0.25) is 0 Å². The van der Waals surface area contributed by atoms with Crippen molar-refractivity contribution in [3.8, 4) is 0 Å². The molecule has 4 aliphatic heterocycles. The summed E-state index contributed by atoms with van der Waals surface area (Å²) in [5, 5.41) is 0.